The van der Waals surface area contributed by atoms with Crippen molar-refractivity contribution >= 4 is 29.4 Å². The quantitative estimate of drug-likeness (QED) is 0.127. The molecule has 2 amide bonds. The first kappa shape index (κ1) is 33.0. The van der Waals surface area contributed by atoms with Gasteiger partial charge in [-0.1, -0.05) is 72.8 Å². The summed E-state index contributed by atoms with van der Waals surface area (Å²) in [5, 5.41) is 9.25. The zero-order valence-electron chi connectivity index (χ0n) is 27.3. The van der Waals surface area contributed by atoms with Crippen LogP contribution >= 0.6 is 0 Å². The fraction of sp³-hybridized carbons (Fsp3) is 0.282. The van der Waals surface area contributed by atoms with E-state index < -0.39 is 78.4 Å². The van der Waals surface area contributed by atoms with Crippen molar-refractivity contribution < 1.29 is 48.0 Å². The Morgan fingerprint density at radius 1 is 0.680 bits per heavy atom. The molecule has 11 heteroatoms. The second-order valence-electron chi connectivity index (χ2n) is 12.4. The molecule has 3 aliphatic rings. The molecular weight excluding hydrogens is 642 g/mol. The number of methoxy groups -OCH3 is 2. The highest BCUT2D eigenvalue weighted by Gasteiger charge is 2.71. The maximum atomic E-state index is 14.1. The number of nitrogens with zero attached hydrogens (tertiary/aromatic N) is 1. The van der Waals surface area contributed by atoms with Crippen LogP contribution in [-0.2, 0) is 39.0 Å². The molecule has 3 saturated heterocycles. The van der Waals surface area contributed by atoms with Gasteiger partial charge in [-0.3, -0.25) is 19.2 Å². The molecule has 3 heterocycles. The van der Waals surface area contributed by atoms with E-state index in [1.54, 1.807) is 44.6 Å². The third kappa shape index (κ3) is 5.58. The van der Waals surface area contributed by atoms with Gasteiger partial charge in [-0.25, -0.2) is 4.90 Å². The van der Waals surface area contributed by atoms with Crippen molar-refractivity contribution in [3.05, 3.63) is 126 Å². The van der Waals surface area contributed by atoms with Gasteiger partial charge in [0.25, 0.3) is 0 Å². The zero-order valence-corrected chi connectivity index (χ0v) is 27.3. The van der Waals surface area contributed by atoms with Crippen LogP contribution in [-0.4, -0.2) is 67.5 Å². The number of rotatable bonds is 12. The number of esters is 1. The number of amides is 2. The predicted molar refractivity (Wildman–Crippen MR) is 179 cm³/mol. The fourth-order valence-corrected chi connectivity index (χ4v) is 7.44. The van der Waals surface area contributed by atoms with E-state index in [1.165, 1.54) is 4.90 Å². The van der Waals surface area contributed by atoms with E-state index in [9.17, 15) is 24.3 Å². The van der Waals surface area contributed by atoms with Crippen LogP contribution in [0, 0.1) is 11.8 Å². The number of aliphatic carboxylic acids is 1. The number of hydrogen-bond donors (Lipinski definition) is 1. The summed E-state index contributed by atoms with van der Waals surface area (Å²) in [7, 11) is 3.15. The van der Waals surface area contributed by atoms with Crippen molar-refractivity contribution in [2.75, 3.05) is 19.1 Å². The number of ether oxygens (including phenoxy) is 5. The molecule has 6 atom stereocenters. The average molecular weight is 678 g/mol. The number of benzene rings is 4. The minimum Gasteiger partial charge on any atom is -0.497 e. The molecule has 6 unspecified atom stereocenters. The smallest absolute Gasteiger partial charge is 0.306 e. The number of anilines is 1. The van der Waals surface area contributed by atoms with Gasteiger partial charge < -0.3 is 28.8 Å². The number of carboxylic acids is 1. The van der Waals surface area contributed by atoms with Crippen LogP contribution in [0.3, 0.4) is 0 Å². The summed E-state index contributed by atoms with van der Waals surface area (Å²) in [5.41, 5.74) is 1.18. The Kier molecular flexibility index (Phi) is 8.85. The third-order valence-electron chi connectivity index (χ3n) is 9.70. The molecular formula is C39H35NO10. The minimum absolute atomic E-state index is 0.395. The second-order valence-corrected chi connectivity index (χ2v) is 12.4. The van der Waals surface area contributed by atoms with Gasteiger partial charge in [-0.15, -0.1) is 0 Å². The Bertz CT molecular complexity index is 1830. The van der Waals surface area contributed by atoms with Gasteiger partial charge in [0.05, 0.1) is 44.6 Å². The Hall–Kier alpha value is -5.52. The number of fused-ring (bicyclic) bond motifs is 5. The molecule has 0 saturated carbocycles. The van der Waals surface area contributed by atoms with E-state index in [-0.39, 0.29) is 0 Å². The first-order valence-corrected chi connectivity index (χ1v) is 16.3. The van der Waals surface area contributed by atoms with Crippen molar-refractivity contribution in [3.8, 4) is 11.5 Å². The van der Waals surface area contributed by atoms with Gasteiger partial charge in [-0.2, -0.15) is 0 Å². The average Bonchev–Trinajstić information content (AvgIpc) is 3.78. The lowest BCUT2D eigenvalue weighted by molar-refractivity contribution is -0.172. The Morgan fingerprint density at radius 3 is 1.66 bits per heavy atom. The summed E-state index contributed by atoms with van der Waals surface area (Å²) in [6, 6.07) is 32.9. The van der Waals surface area contributed by atoms with Gasteiger partial charge >= 0.3 is 11.9 Å². The summed E-state index contributed by atoms with van der Waals surface area (Å²) in [4.78, 5) is 53.7. The normalized spacial score (nSPS) is 23.8. The molecule has 0 aliphatic carbocycles. The lowest BCUT2D eigenvalue weighted by atomic mass is 9.76. The van der Waals surface area contributed by atoms with Crippen molar-refractivity contribution in [2.24, 2.45) is 11.8 Å². The van der Waals surface area contributed by atoms with Crippen molar-refractivity contribution in [2.45, 2.75) is 42.9 Å². The lowest BCUT2D eigenvalue weighted by Gasteiger charge is -2.42. The first-order chi connectivity index (χ1) is 24.3. The maximum Gasteiger partial charge on any atom is 0.306 e. The van der Waals surface area contributed by atoms with Gasteiger partial charge in [0, 0.05) is 0 Å². The highest BCUT2D eigenvalue weighted by atomic mass is 16.6. The Morgan fingerprint density at radius 2 is 1.16 bits per heavy atom. The van der Waals surface area contributed by atoms with Gasteiger partial charge in [0.2, 0.25) is 11.8 Å². The predicted octanol–water partition coefficient (Wildman–Crippen LogP) is 4.74. The molecule has 0 radical (unpaired) electrons. The molecule has 3 aliphatic heterocycles. The summed E-state index contributed by atoms with van der Waals surface area (Å²) >= 11 is 0. The van der Waals surface area contributed by atoms with E-state index in [0.29, 0.717) is 28.3 Å². The number of carbonyl (C=O) groups is 4. The molecule has 2 bridgehead atoms. The van der Waals surface area contributed by atoms with Crippen molar-refractivity contribution in [3.63, 3.8) is 0 Å². The summed E-state index contributed by atoms with van der Waals surface area (Å²) in [6.07, 6.45) is -5.04. The monoisotopic (exact) mass is 677 g/mol. The van der Waals surface area contributed by atoms with Crippen LogP contribution in [0.1, 0.15) is 29.5 Å². The van der Waals surface area contributed by atoms with E-state index in [0.717, 1.165) is 5.56 Å². The molecule has 0 aromatic heterocycles. The molecule has 1 N–H and O–H groups in total. The van der Waals surface area contributed by atoms with Crippen molar-refractivity contribution in [1.82, 2.24) is 0 Å². The number of carbonyl (C=O) groups excluding carboxylic acids is 3. The third-order valence-corrected chi connectivity index (χ3v) is 9.70. The van der Waals surface area contributed by atoms with Gasteiger partial charge in [0.1, 0.15) is 35.4 Å². The highest BCUT2D eigenvalue weighted by Crippen LogP contribution is 2.54. The van der Waals surface area contributed by atoms with Crippen LogP contribution in [0.4, 0.5) is 5.69 Å². The van der Waals surface area contributed by atoms with Crippen LogP contribution in [0.15, 0.2) is 109 Å². The Labute approximate surface area is 288 Å². The maximum absolute atomic E-state index is 14.1. The molecule has 50 heavy (non-hydrogen) atoms. The SMILES string of the molecule is COc1ccc(C(OC2C(OC(=O)CCC(=O)O)C3OC2C2C(=O)N(c4ccccc4)C(=O)C32)(c2ccccc2)c2ccc(OC)cc2)cc1. The molecule has 3 fully saturated rings. The molecule has 11 nitrogen and oxygen atoms in total. The van der Waals surface area contributed by atoms with Gasteiger partial charge in [-0.05, 0) is 53.1 Å². The van der Waals surface area contributed by atoms with Crippen LogP contribution in [0.2, 0.25) is 0 Å². The molecule has 7 rings (SSSR count). The van der Waals surface area contributed by atoms with E-state index in [4.69, 9.17) is 23.7 Å². The number of imide groups is 1. The number of hydrogen-bond acceptors (Lipinski definition) is 9. The summed E-state index contributed by atoms with van der Waals surface area (Å²) < 4.78 is 30.7. The summed E-state index contributed by atoms with van der Waals surface area (Å²) in [5.74, 6) is -3.42. The van der Waals surface area contributed by atoms with Crippen molar-refractivity contribution in [1.29, 1.82) is 0 Å². The van der Waals surface area contributed by atoms with E-state index >= 15 is 0 Å². The molecule has 4 aromatic rings. The number of carboxylic acid groups (broad SMARTS) is 1. The van der Waals surface area contributed by atoms with Crippen LogP contribution in [0.25, 0.3) is 0 Å². The minimum atomic E-state index is -1.37. The topological polar surface area (TPSA) is 138 Å². The second kappa shape index (κ2) is 13.4. The van der Waals surface area contributed by atoms with Crippen LogP contribution < -0.4 is 14.4 Å². The standard InChI is InChI=1S/C39H35NO10/c1-46-27-17-13-24(14-18-27)39(23-9-5-3-6-10-23,25-15-19-28(47-2)20-16-25)50-36-34-32-31(33(49-34)35(36)48-30(43)22-21-29(41)42)37(44)40(38(32)45)26-11-7-4-8-12-26/h3-20,31-36H,21-22H2,1-2H3,(H,41,42). The largest absolute Gasteiger partial charge is 0.497 e. The summed E-state index contributed by atoms with van der Waals surface area (Å²) in [6.45, 7) is 0. The molecule has 0 spiro atoms. The van der Waals surface area contributed by atoms with Crippen LogP contribution in [0.5, 0.6) is 11.5 Å². The lowest BCUT2D eigenvalue weighted by Crippen LogP contribution is -2.54. The zero-order chi connectivity index (χ0) is 35.0. The molecule has 4 aromatic carbocycles. The Balaban J connectivity index is 1.37. The number of para-hydroxylation sites is 1. The van der Waals surface area contributed by atoms with E-state index in [1.807, 2.05) is 78.9 Å². The van der Waals surface area contributed by atoms with Gasteiger partial charge in [0.15, 0.2) is 6.10 Å². The van der Waals surface area contributed by atoms with E-state index in [2.05, 4.69) is 0 Å². The highest BCUT2D eigenvalue weighted by molar-refractivity contribution is 6.23. The fourth-order valence-electron chi connectivity index (χ4n) is 7.44. The first-order valence-electron chi connectivity index (χ1n) is 16.3. The molecule has 256 valence electrons.